The third-order valence-electron chi connectivity index (χ3n) is 4.59. The number of fused-ring (bicyclic) bond motifs is 1. The smallest absolute Gasteiger partial charge is 0.319 e. The van der Waals surface area contributed by atoms with Crippen LogP contribution in [0.5, 0.6) is 0 Å². The monoisotopic (exact) mass is 424 g/mol. The average Bonchev–Trinajstić information content (AvgIpc) is 2.68. The fourth-order valence-electron chi connectivity index (χ4n) is 2.82. The summed E-state index contributed by atoms with van der Waals surface area (Å²) in [6, 6.07) is 4.11. The normalized spacial score (nSPS) is 12.1. The maximum Gasteiger partial charge on any atom is 0.322 e. The molecule has 1 N–H and O–H groups in total. The van der Waals surface area contributed by atoms with Crippen molar-refractivity contribution in [2.45, 2.75) is 13.0 Å². The molecule has 0 spiro atoms. The van der Waals surface area contributed by atoms with Crippen molar-refractivity contribution < 1.29 is 18.0 Å². The number of urea groups is 1. The summed E-state index contributed by atoms with van der Waals surface area (Å²) in [6.45, 7) is 1.62. The number of carbonyl (C=O) groups is 1. The van der Waals surface area contributed by atoms with E-state index in [0.29, 0.717) is 0 Å². The maximum atomic E-state index is 13.8. The number of nitrogens with zero attached hydrogens (tertiary/aromatic N) is 3. The van der Waals surface area contributed by atoms with Gasteiger partial charge in [-0.3, -0.25) is 4.79 Å². The van der Waals surface area contributed by atoms with E-state index in [1.54, 1.807) is 6.92 Å². The molecule has 152 valence electrons. The number of hydrogen-bond acceptors (Lipinski definition) is 3. The molecule has 3 rings (SSSR count). The molecule has 1 heterocycles. The molecule has 29 heavy (non-hydrogen) atoms. The summed E-state index contributed by atoms with van der Waals surface area (Å²) in [5, 5.41) is 6.59. The number of carbonyl (C=O) groups excluding carboxylic acids is 1. The highest BCUT2D eigenvalue weighted by molar-refractivity contribution is 6.31. The van der Waals surface area contributed by atoms with Crippen LogP contribution in [-0.2, 0) is 7.05 Å². The lowest BCUT2D eigenvalue weighted by molar-refractivity contribution is 0.207. The molecule has 0 saturated heterocycles. The molecule has 0 radical (unpaired) electrons. The Morgan fingerprint density at radius 2 is 1.76 bits per heavy atom. The molecule has 6 nitrogen and oxygen atoms in total. The predicted octanol–water partition coefficient (Wildman–Crippen LogP) is 4.23. The number of hydrogen-bond donors (Lipinski definition) is 1. The van der Waals surface area contributed by atoms with Crippen LogP contribution in [0, 0.1) is 17.5 Å². The quantitative estimate of drug-likeness (QED) is 0.684. The first-order chi connectivity index (χ1) is 13.6. The van der Waals surface area contributed by atoms with E-state index in [2.05, 4.69) is 10.4 Å². The fourth-order valence-corrected chi connectivity index (χ4v) is 3.00. The van der Waals surface area contributed by atoms with Gasteiger partial charge in [-0.25, -0.2) is 22.6 Å². The Balaban J connectivity index is 1.97. The summed E-state index contributed by atoms with van der Waals surface area (Å²) in [5.41, 5.74) is -0.120. The van der Waals surface area contributed by atoms with Gasteiger partial charge in [0.1, 0.15) is 5.82 Å². The van der Waals surface area contributed by atoms with Crippen LogP contribution in [-0.4, -0.2) is 27.8 Å². The van der Waals surface area contributed by atoms with E-state index in [1.165, 1.54) is 31.1 Å². The second-order valence-electron chi connectivity index (χ2n) is 6.47. The second kappa shape index (κ2) is 7.75. The van der Waals surface area contributed by atoms with Gasteiger partial charge in [-0.15, -0.1) is 0 Å². The number of halogens is 4. The molecule has 1 aromatic heterocycles. The Labute approximate surface area is 168 Å². The van der Waals surface area contributed by atoms with Crippen LogP contribution >= 0.6 is 11.6 Å². The summed E-state index contributed by atoms with van der Waals surface area (Å²) in [6.07, 6.45) is 0. The van der Waals surface area contributed by atoms with E-state index in [0.717, 1.165) is 22.9 Å². The second-order valence-corrected chi connectivity index (χ2v) is 6.88. The summed E-state index contributed by atoms with van der Waals surface area (Å²) in [4.78, 5) is 26.1. The molecule has 0 saturated carbocycles. The number of rotatable bonds is 3. The van der Waals surface area contributed by atoms with Gasteiger partial charge in [0.15, 0.2) is 11.6 Å². The number of benzene rings is 2. The van der Waals surface area contributed by atoms with Crippen molar-refractivity contribution in [1.82, 2.24) is 14.7 Å². The third-order valence-corrected chi connectivity index (χ3v) is 4.88. The molecule has 0 fully saturated rings. The van der Waals surface area contributed by atoms with Crippen molar-refractivity contribution in [1.29, 1.82) is 0 Å². The Morgan fingerprint density at radius 3 is 2.38 bits per heavy atom. The van der Waals surface area contributed by atoms with Crippen molar-refractivity contribution in [3.63, 3.8) is 0 Å². The summed E-state index contributed by atoms with van der Waals surface area (Å²) in [5.74, 6) is -2.91. The number of anilines is 1. The molecular formula is C19H16ClF3N4O2. The lowest BCUT2D eigenvalue weighted by atomic mass is 10.1. The van der Waals surface area contributed by atoms with Crippen LogP contribution < -0.4 is 10.9 Å². The largest absolute Gasteiger partial charge is 0.322 e. The predicted molar refractivity (Wildman–Crippen MR) is 104 cm³/mol. The van der Waals surface area contributed by atoms with Crippen molar-refractivity contribution in [3.8, 4) is 0 Å². The van der Waals surface area contributed by atoms with Crippen molar-refractivity contribution in [2.75, 3.05) is 12.4 Å². The fraction of sp³-hybridized carbons (Fsp3) is 0.211. The van der Waals surface area contributed by atoms with Crippen LogP contribution in [0.3, 0.4) is 0 Å². The Hall–Kier alpha value is -3.07. The van der Waals surface area contributed by atoms with Gasteiger partial charge in [0.05, 0.1) is 22.1 Å². The lowest BCUT2D eigenvalue weighted by Gasteiger charge is -2.26. The van der Waals surface area contributed by atoms with Gasteiger partial charge < -0.3 is 10.2 Å². The van der Waals surface area contributed by atoms with Gasteiger partial charge in [-0.1, -0.05) is 11.6 Å². The molecule has 10 heteroatoms. The minimum absolute atomic E-state index is 0.0534. The average molecular weight is 425 g/mol. The number of aromatic nitrogens is 2. The molecule has 0 aliphatic carbocycles. The zero-order valence-electron chi connectivity index (χ0n) is 15.6. The van der Waals surface area contributed by atoms with Gasteiger partial charge in [0.2, 0.25) is 0 Å². The zero-order valence-corrected chi connectivity index (χ0v) is 16.4. The molecule has 2 aromatic carbocycles. The van der Waals surface area contributed by atoms with Crippen molar-refractivity contribution in [3.05, 3.63) is 68.9 Å². The van der Waals surface area contributed by atoms with Gasteiger partial charge in [0.25, 0.3) is 5.56 Å². The van der Waals surface area contributed by atoms with E-state index in [4.69, 9.17) is 11.6 Å². The molecule has 0 aliphatic heterocycles. The molecule has 1 atom stereocenters. The highest BCUT2D eigenvalue weighted by Gasteiger charge is 2.23. The lowest BCUT2D eigenvalue weighted by Crippen LogP contribution is -2.35. The summed E-state index contributed by atoms with van der Waals surface area (Å²) in [7, 11) is 2.84. The van der Waals surface area contributed by atoms with Crippen LogP contribution in [0.4, 0.5) is 23.7 Å². The van der Waals surface area contributed by atoms with Crippen LogP contribution in [0.15, 0.2) is 35.1 Å². The van der Waals surface area contributed by atoms with Crippen LogP contribution in [0.1, 0.15) is 18.7 Å². The van der Waals surface area contributed by atoms with E-state index < -0.39 is 35.1 Å². The Morgan fingerprint density at radius 1 is 1.14 bits per heavy atom. The van der Waals surface area contributed by atoms with Gasteiger partial charge in [0, 0.05) is 25.2 Å². The number of nitrogens with one attached hydrogen (secondary N) is 1. The van der Waals surface area contributed by atoms with E-state index >= 15 is 0 Å². The molecule has 0 bridgehead atoms. The maximum absolute atomic E-state index is 13.8. The minimum Gasteiger partial charge on any atom is -0.319 e. The SMILES string of the molecule is C[C@H](c1nn(C)c(=O)c2cc(F)c(F)cc12)N(C)C(=O)Nc1ccc(F)c(Cl)c1. The third kappa shape index (κ3) is 3.91. The van der Waals surface area contributed by atoms with E-state index in [-0.39, 0.29) is 27.2 Å². The van der Waals surface area contributed by atoms with E-state index in [9.17, 15) is 22.8 Å². The molecule has 2 amide bonds. The summed E-state index contributed by atoms with van der Waals surface area (Å²) >= 11 is 5.71. The number of aryl methyl sites for hydroxylation is 1. The Bertz CT molecular complexity index is 1180. The topological polar surface area (TPSA) is 67.2 Å². The first-order valence-electron chi connectivity index (χ1n) is 8.45. The van der Waals surface area contributed by atoms with E-state index in [1.807, 2.05) is 0 Å². The standard InChI is InChI=1S/C19H16ClF3N4O2/c1-9(26(2)19(29)24-10-4-5-14(21)13(20)6-10)17-11-7-15(22)16(23)8-12(11)18(28)27(3)25-17/h4-9H,1-3H3,(H,24,29)/t9-/m1/s1. The minimum atomic E-state index is -1.15. The van der Waals surface area contributed by atoms with Gasteiger partial charge >= 0.3 is 6.03 Å². The molecule has 0 aliphatic rings. The zero-order chi connectivity index (χ0) is 21.5. The first kappa shape index (κ1) is 20.7. The number of amides is 2. The highest BCUT2D eigenvalue weighted by atomic mass is 35.5. The molecule has 0 unspecified atom stereocenters. The molecule has 3 aromatic rings. The molecular weight excluding hydrogens is 409 g/mol. The first-order valence-corrected chi connectivity index (χ1v) is 8.82. The highest BCUT2D eigenvalue weighted by Crippen LogP contribution is 2.26. The van der Waals surface area contributed by atoms with Crippen LogP contribution in [0.25, 0.3) is 10.8 Å². The summed E-state index contributed by atoms with van der Waals surface area (Å²) < 4.78 is 41.7. The van der Waals surface area contributed by atoms with Crippen molar-refractivity contribution >= 4 is 34.1 Å². The van der Waals surface area contributed by atoms with Crippen molar-refractivity contribution in [2.24, 2.45) is 7.05 Å². The van der Waals surface area contributed by atoms with Gasteiger partial charge in [-0.2, -0.15) is 5.10 Å². The van der Waals surface area contributed by atoms with Gasteiger partial charge in [-0.05, 0) is 37.3 Å². The Kier molecular flexibility index (Phi) is 5.52. The van der Waals surface area contributed by atoms with Crippen LogP contribution in [0.2, 0.25) is 5.02 Å².